The predicted molar refractivity (Wildman–Crippen MR) is 81.6 cm³/mol. The van der Waals surface area contributed by atoms with Crippen LogP contribution in [0.3, 0.4) is 0 Å². The van der Waals surface area contributed by atoms with Crippen LogP contribution in [-0.2, 0) is 4.79 Å². The molecule has 2 heterocycles. The number of nitrogens with one attached hydrogen (secondary N) is 2. The number of carbonyl (C=O) groups excluding carboxylic acids is 1. The van der Waals surface area contributed by atoms with E-state index >= 15 is 0 Å². The first-order valence-electron chi connectivity index (χ1n) is 7.60. The summed E-state index contributed by atoms with van der Waals surface area (Å²) in [7, 11) is 0. The van der Waals surface area contributed by atoms with Crippen molar-refractivity contribution in [2.75, 3.05) is 44.2 Å². The number of carbonyl (C=O) groups is 1. The zero-order valence-electron chi connectivity index (χ0n) is 12.0. The Morgan fingerprint density at radius 2 is 2.21 bits per heavy atom. The largest absolute Gasteiger partial charge is 0.353 e. The summed E-state index contributed by atoms with van der Waals surface area (Å²) in [4.78, 5) is 14.5. The molecule has 2 N–H and O–H groups in total. The van der Waals surface area contributed by atoms with Gasteiger partial charge in [0.1, 0.15) is 0 Å². The van der Waals surface area contributed by atoms with E-state index in [1.54, 1.807) is 0 Å². The lowest BCUT2D eigenvalue weighted by molar-refractivity contribution is -0.124. The molecule has 2 rings (SSSR count). The van der Waals surface area contributed by atoms with E-state index in [0.717, 1.165) is 32.0 Å². The van der Waals surface area contributed by atoms with Gasteiger partial charge in [0.2, 0.25) is 5.91 Å². The van der Waals surface area contributed by atoms with Crippen LogP contribution < -0.4 is 10.6 Å². The predicted octanol–water partition coefficient (Wildman–Crippen LogP) is 0.930. The van der Waals surface area contributed by atoms with Crippen LogP contribution in [0.25, 0.3) is 0 Å². The van der Waals surface area contributed by atoms with Crippen molar-refractivity contribution in [3.05, 3.63) is 0 Å². The normalized spacial score (nSPS) is 29.1. The van der Waals surface area contributed by atoms with Crippen LogP contribution in [0.5, 0.6) is 0 Å². The molecule has 0 aromatic heterocycles. The van der Waals surface area contributed by atoms with Crippen LogP contribution >= 0.6 is 11.8 Å². The van der Waals surface area contributed by atoms with Crippen molar-refractivity contribution in [3.63, 3.8) is 0 Å². The highest BCUT2D eigenvalue weighted by Gasteiger charge is 2.25. The third-order valence-electron chi connectivity index (χ3n) is 4.24. The summed E-state index contributed by atoms with van der Waals surface area (Å²) < 4.78 is 0. The maximum Gasteiger partial charge on any atom is 0.237 e. The maximum atomic E-state index is 12.1. The zero-order valence-corrected chi connectivity index (χ0v) is 12.8. The van der Waals surface area contributed by atoms with Crippen molar-refractivity contribution in [2.45, 2.75) is 32.2 Å². The minimum Gasteiger partial charge on any atom is -0.353 e. The monoisotopic (exact) mass is 285 g/mol. The lowest BCUT2D eigenvalue weighted by Gasteiger charge is -2.30. The molecule has 2 aliphatic heterocycles. The number of nitrogens with zero attached hydrogens (tertiary/aromatic N) is 1. The highest BCUT2D eigenvalue weighted by atomic mass is 32.2. The summed E-state index contributed by atoms with van der Waals surface area (Å²) in [5.74, 6) is 3.38. The minimum absolute atomic E-state index is 0.0376. The van der Waals surface area contributed by atoms with Crippen molar-refractivity contribution >= 4 is 17.7 Å². The molecule has 5 heteroatoms. The molecule has 19 heavy (non-hydrogen) atoms. The Bertz CT molecular complexity index is 282. The summed E-state index contributed by atoms with van der Waals surface area (Å²) in [6.07, 6.45) is 3.41. The lowest BCUT2D eigenvalue weighted by atomic mass is 9.90. The number of thioether (sulfide) groups is 1. The fourth-order valence-corrected chi connectivity index (χ4v) is 3.83. The van der Waals surface area contributed by atoms with Crippen molar-refractivity contribution in [1.29, 1.82) is 0 Å². The minimum atomic E-state index is 0.0376. The van der Waals surface area contributed by atoms with Gasteiger partial charge in [-0.25, -0.2) is 0 Å². The number of hydrogen-bond acceptors (Lipinski definition) is 4. The van der Waals surface area contributed by atoms with Gasteiger partial charge < -0.3 is 10.6 Å². The van der Waals surface area contributed by atoms with Crippen LogP contribution in [0.1, 0.15) is 26.2 Å². The SMILES string of the molecule is CCC1CCNC(C(=O)NCCN2CCSCC2)C1. The van der Waals surface area contributed by atoms with Crippen molar-refractivity contribution in [2.24, 2.45) is 5.92 Å². The summed E-state index contributed by atoms with van der Waals surface area (Å²) in [5, 5.41) is 6.44. The van der Waals surface area contributed by atoms with E-state index in [4.69, 9.17) is 0 Å². The van der Waals surface area contributed by atoms with E-state index in [-0.39, 0.29) is 11.9 Å². The first kappa shape index (κ1) is 15.1. The van der Waals surface area contributed by atoms with E-state index in [1.807, 2.05) is 11.8 Å². The highest BCUT2D eigenvalue weighted by molar-refractivity contribution is 7.99. The van der Waals surface area contributed by atoms with Crippen molar-refractivity contribution in [3.8, 4) is 0 Å². The van der Waals surface area contributed by atoms with Crippen LogP contribution in [0.4, 0.5) is 0 Å². The average molecular weight is 285 g/mol. The zero-order chi connectivity index (χ0) is 13.5. The van der Waals surface area contributed by atoms with Crippen LogP contribution in [-0.4, -0.2) is 61.1 Å². The first-order chi connectivity index (χ1) is 9.29. The van der Waals surface area contributed by atoms with Gasteiger partial charge in [-0.2, -0.15) is 11.8 Å². The van der Waals surface area contributed by atoms with E-state index in [2.05, 4.69) is 22.5 Å². The topological polar surface area (TPSA) is 44.4 Å². The molecule has 110 valence electrons. The summed E-state index contributed by atoms with van der Waals surface area (Å²) in [6, 6.07) is 0.0376. The van der Waals surface area contributed by atoms with E-state index < -0.39 is 0 Å². The van der Waals surface area contributed by atoms with Crippen LogP contribution in [0, 0.1) is 5.92 Å². The lowest BCUT2D eigenvalue weighted by Crippen LogP contribution is -2.50. The molecule has 2 saturated heterocycles. The van der Waals surface area contributed by atoms with Gasteiger partial charge >= 0.3 is 0 Å². The number of amides is 1. The van der Waals surface area contributed by atoms with Crippen molar-refractivity contribution in [1.82, 2.24) is 15.5 Å². The molecular weight excluding hydrogens is 258 g/mol. The van der Waals surface area contributed by atoms with E-state index in [1.165, 1.54) is 37.4 Å². The van der Waals surface area contributed by atoms with Gasteiger partial charge in [-0.05, 0) is 25.3 Å². The van der Waals surface area contributed by atoms with E-state index in [9.17, 15) is 4.79 Å². The molecule has 1 amide bonds. The first-order valence-corrected chi connectivity index (χ1v) is 8.76. The van der Waals surface area contributed by atoms with Gasteiger partial charge in [0.25, 0.3) is 0 Å². The molecule has 4 nitrogen and oxygen atoms in total. The van der Waals surface area contributed by atoms with Gasteiger partial charge in [-0.15, -0.1) is 0 Å². The molecular formula is C14H27N3OS. The highest BCUT2D eigenvalue weighted by Crippen LogP contribution is 2.19. The fraction of sp³-hybridized carbons (Fsp3) is 0.929. The Morgan fingerprint density at radius 1 is 1.42 bits per heavy atom. The smallest absolute Gasteiger partial charge is 0.237 e. The summed E-state index contributed by atoms with van der Waals surface area (Å²) >= 11 is 2.02. The molecule has 0 saturated carbocycles. The molecule has 0 aromatic carbocycles. The molecule has 0 radical (unpaired) electrons. The number of piperidine rings is 1. The summed E-state index contributed by atoms with van der Waals surface area (Å²) in [5.41, 5.74) is 0. The molecule has 2 unspecified atom stereocenters. The van der Waals surface area contributed by atoms with Gasteiger partial charge in [0.05, 0.1) is 6.04 Å². The molecule has 0 bridgehead atoms. The molecule has 0 aliphatic carbocycles. The van der Waals surface area contributed by atoms with Gasteiger partial charge in [-0.3, -0.25) is 9.69 Å². The second-order valence-electron chi connectivity index (χ2n) is 5.55. The Hall–Kier alpha value is -0.260. The molecule has 0 spiro atoms. The number of rotatable bonds is 5. The number of hydrogen-bond donors (Lipinski definition) is 2. The van der Waals surface area contributed by atoms with Crippen LogP contribution in [0.15, 0.2) is 0 Å². The van der Waals surface area contributed by atoms with Crippen LogP contribution in [0.2, 0.25) is 0 Å². The van der Waals surface area contributed by atoms with Gasteiger partial charge in [0, 0.05) is 37.7 Å². The second-order valence-corrected chi connectivity index (χ2v) is 6.78. The standard InChI is InChI=1S/C14H27N3OS/c1-2-12-3-4-15-13(11-12)14(18)16-5-6-17-7-9-19-10-8-17/h12-13,15H,2-11H2,1H3,(H,16,18). The fourth-order valence-electron chi connectivity index (χ4n) is 2.85. The Labute approximate surface area is 121 Å². The Balaban J connectivity index is 1.63. The molecule has 2 aliphatic rings. The molecule has 2 fully saturated rings. The molecule has 2 atom stereocenters. The Kier molecular flexibility index (Phi) is 6.47. The third kappa shape index (κ3) is 4.97. The average Bonchev–Trinajstić information content (AvgIpc) is 2.48. The quantitative estimate of drug-likeness (QED) is 0.789. The third-order valence-corrected chi connectivity index (χ3v) is 5.18. The summed E-state index contributed by atoms with van der Waals surface area (Å²) in [6.45, 7) is 7.33. The Morgan fingerprint density at radius 3 is 2.95 bits per heavy atom. The van der Waals surface area contributed by atoms with Crippen molar-refractivity contribution < 1.29 is 4.79 Å². The van der Waals surface area contributed by atoms with E-state index in [0.29, 0.717) is 0 Å². The molecule has 0 aromatic rings. The maximum absolute atomic E-state index is 12.1. The second kappa shape index (κ2) is 8.12. The van der Waals surface area contributed by atoms with Gasteiger partial charge in [0.15, 0.2) is 0 Å². The van der Waals surface area contributed by atoms with Gasteiger partial charge in [-0.1, -0.05) is 13.3 Å².